The van der Waals surface area contributed by atoms with E-state index in [1.807, 2.05) is 0 Å². The van der Waals surface area contributed by atoms with Gasteiger partial charge in [0.1, 0.15) is 5.69 Å². The number of esters is 1. The van der Waals surface area contributed by atoms with Crippen LogP contribution >= 0.6 is 0 Å². The van der Waals surface area contributed by atoms with E-state index in [-0.39, 0.29) is 16.9 Å². The highest BCUT2D eigenvalue weighted by atomic mass is 16.6. The summed E-state index contributed by atoms with van der Waals surface area (Å²) in [5.74, 6) is -0.552. The zero-order chi connectivity index (χ0) is 15.0. The Hall–Kier alpha value is -2.11. The molecule has 0 unspecified atom stereocenters. The average molecular weight is 280 g/mol. The first-order valence-corrected chi connectivity index (χ1v) is 6.77. The van der Waals surface area contributed by atoms with E-state index in [0.29, 0.717) is 6.61 Å². The standard InChI is InChI=1S/C14H20N2O4/c1-2-3-4-5-6-9-20-14(17)11-7-8-12(15)13(10-11)16(18)19/h7-8,10H,2-6,9,15H2,1H3. The lowest BCUT2D eigenvalue weighted by molar-refractivity contribution is -0.383. The first-order valence-electron chi connectivity index (χ1n) is 6.77. The second-order valence-electron chi connectivity index (χ2n) is 4.58. The third-order valence-corrected chi connectivity index (χ3v) is 2.94. The molecule has 0 radical (unpaired) electrons. The van der Waals surface area contributed by atoms with Gasteiger partial charge in [-0.25, -0.2) is 4.79 Å². The number of carbonyl (C=O) groups excluding carboxylic acids is 1. The van der Waals surface area contributed by atoms with Crippen molar-refractivity contribution >= 4 is 17.3 Å². The fraction of sp³-hybridized carbons (Fsp3) is 0.500. The Balaban J connectivity index is 2.47. The molecule has 0 spiro atoms. The van der Waals surface area contributed by atoms with E-state index in [1.165, 1.54) is 18.6 Å². The van der Waals surface area contributed by atoms with E-state index in [2.05, 4.69) is 6.92 Å². The number of unbranched alkanes of at least 4 members (excludes halogenated alkanes) is 4. The number of nitro benzene ring substituents is 1. The normalized spacial score (nSPS) is 10.2. The molecule has 0 aromatic heterocycles. The summed E-state index contributed by atoms with van der Waals surface area (Å²) in [6.07, 6.45) is 5.29. The van der Waals surface area contributed by atoms with Crippen molar-refractivity contribution in [2.45, 2.75) is 39.0 Å². The predicted molar refractivity (Wildman–Crippen MR) is 76.6 cm³/mol. The number of nitro groups is 1. The molecule has 1 aromatic carbocycles. The number of ether oxygens (including phenoxy) is 1. The maximum atomic E-state index is 11.7. The minimum absolute atomic E-state index is 0.0334. The zero-order valence-corrected chi connectivity index (χ0v) is 11.6. The smallest absolute Gasteiger partial charge is 0.338 e. The molecule has 6 heteroatoms. The van der Waals surface area contributed by atoms with Crippen molar-refractivity contribution in [3.05, 3.63) is 33.9 Å². The Labute approximate surface area is 118 Å². The molecular formula is C14H20N2O4. The number of benzene rings is 1. The molecule has 1 rings (SSSR count). The van der Waals surface area contributed by atoms with Crippen molar-refractivity contribution < 1.29 is 14.5 Å². The van der Waals surface area contributed by atoms with E-state index in [4.69, 9.17) is 10.5 Å². The maximum absolute atomic E-state index is 11.7. The number of anilines is 1. The monoisotopic (exact) mass is 280 g/mol. The Bertz CT molecular complexity index is 474. The molecule has 110 valence electrons. The molecule has 0 saturated carbocycles. The highest BCUT2D eigenvalue weighted by molar-refractivity contribution is 5.91. The summed E-state index contributed by atoms with van der Waals surface area (Å²) in [6.45, 7) is 2.47. The molecule has 0 aliphatic heterocycles. The van der Waals surface area contributed by atoms with Crippen LogP contribution in [0.4, 0.5) is 11.4 Å². The van der Waals surface area contributed by atoms with Gasteiger partial charge in [-0.15, -0.1) is 0 Å². The van der Waals surface area contributed by atoms with Gasteiger partial charge in [-0.1, -0.05) is 32.6 Å². The number of nitrogen functional groups attached to an aromatic ring is 1. The van der Waals surface area contributed by atoms with E-state index < -0.39 is 10.9 Å². The Morgan fingerprint density at radius 1 is 1.30 bits per heavy atom. The second kappa shape index (κ2) is 8.14. The van der Waals surface area contributed by atoms with Crippen molar-refractivity contribution in [2.24, 2.45) is 0 Å². The minimum atomic E-state index is -0.614. The summed E-state index contributed by atoms with van der Waals surface area (Å²) in [4.78, 5) is 21.9. The molecule has 2 N–H and O–H groups in total. The van der Waals surface area contributed by atoms with Gasteiger partial charge in [0.05, 0.1) is 17.1 Å². The van der Waals surface area contributed by atoms with Crippen LogP contribution in [-0.2, 0) is 4.74 Å². The molecule has 0 fully saturated rings. The molecule has 20 heavy (non-hydrogen) atoms. The summed E-state index contributed by atoms with van der Waals surface area (Å²) in [5, 5.41) is 10.7. The van der Waals surface area contributed by atoms with E-state index in [9.17, 15) is 14.9 Å². The average Bonchev–Trinajstić information content (AvgIpc) is 2.42. The van der Waals surface area contributed by atoms with Gasteiger partial charge in [-0.3, -0.25) is 10.1 Å². The Morgan fingerprint density at radius 3 is 2.65 bits per heavy atom. The molecule has 0 bridgehead atoms. The largest absolute Gasteiger partial charge is 0.462 e. The zero-order valence-electron chi connectivity index (χ0n) is 11.6. The van der Waals surface area contributed by atoms with E-state index in [1.54, 1.807) is 0 Å². The molecule has 1 aromatic rings. The Kier molecular flexibility index (Phi) is 6.49. The summed E-state index contributed by atoms with van der Waals surface area (Å²) in [5.41, 5.74) is 5.38. The van der Waals surface area contributed by atoms with Crippen LogP contribution in [0.5, 0.6) is 0 Å². The van der Waals surface area contributed by atoms with E-state index >= 15 is 0 Å². The summed E-state index contributed by atoms with van der Waals surface area (Å²) >= 11 is 0. The molecule has 0 amide bonds. The van der Waals surface area contributed by atoms with Crippen LogP contribution in [0.15, 0.2) is 18.2 Å². The van der Waals surface area contributed by atoms with Gasteiger partial charge in [0.2, 0.25) is 0 Å². The van der Waals surface area contributed by atoms with E-state index in [0.717, 1.165) is 31.7 Å². The van der Waals surface area contributed by atoms with Crippen molar-refractivity contribution in [2.75, 3.05) is 12.3 Å². The van der Waals surface area contributed by atoms with Crippen LogP contribution in [0.3, 0.4) is 0 Å². The van der Waals surface area contributed by atoms with Gasteiger partial charge in [0.25, 0.3) is 5.69 Å². The van der Waals surface area contributed by atoms with Crippen LogP contribution in [-0.4, -0.2) is 17.5 Å². The third-order valence-electron chi connectivity index (χ3n) is 2.94. The van der Waals surface area contributed by atoms with Crippen molar-refractivity contribution in [3.63, 3.8) is 0 Å². The highest BCUT2D eigenvalue weighted by Gasteiger charge is 2.16. The number of carbonyl (C=O) groups is 1. The van der Waals surface area contributed by atoms with Gasteiger partial charge in [-0.05, 0) is 18.6 Å². The first-order chi connectivity index (χ1) is 9.56. The molecular weight excluding hydrogens is 260 g/mol. The number of nitrogens with two attached hydrogens (primary N) is 1. The molecule has 0 aliphatic rings. The highest BCUT2D eigenvalue weighted by Crippen LogP contribution is 2.22. The maximum Gasteiger partial charge on any atom is 0.338 e. The summed E-state index contributed by atoms with van der Waals surface area (Å²) < 4.78 is 5.08. The Morgan fingerprint density at radius 2 is 2.00 bits per heavy atom. The van der Waals surface area contributed by atoms with Gasteiger partial charge in [0.15, 0.2) is 0 Å². The fourth-order valence-electron chi connectivity index (χ4n) is 1.78. The summed E-state index contributed by atoms with van der Waals surface area (Å²) in [6, 6.07) is 3.92. The van der Waals surface area contributed by atoms with Crippen LogP contribution in [0.2, 0.25) is 0 Å². The predicted octanol–water partition coefficient (Wildman–Crippen LogP) is 3.30. The van der Waals surface area contributed by atoms with Gasteiger partial charge < -0.3 is 10.5 Å². The molecule has 0 heterocycles. The molecule has 0 aliphatic carbocycles. The quantitative estimate of drug-likeness (QED) is 0.259. The van der Waals surface area contributed by atoms with Crippen molar-refractivity contribution in [1.29, 1.82) is 0 Å². The lowest BCUT2D eigenvalue weighted by Gasteiger charge is -2.05. The van der Waals surface area contributed by atoms with Gasteiger partial charge in [-0.2, -0.15) is 0 Å². The van der Waals surface area contributed by atoms with Gasteiger partial charge >= 0.3 is 5.97 Å². The lowest BCUT2D eigenvalue weighted by Crippen LogP contribution is -2.07. The topological polar surface area (TPSA) is 95.5 Å². The van der Waals surface area contributed by atoms with Crippen LogP contribution in [0.1, 0.15) is 49.4 Å². The number of hydrogen-bond donors (Lipinski definition) is 1. The lowest BCUT2D eigenvalue weighted by atomic mass is 10.1. The van der Waals surface area contributed by atoms with Crippen LogP contribution in [0, 0.1) is 10.1 Å². The van der Waals surface area contributed by atoms with Gasteiger partial charge in [0, 0.05) is 6.07 Å². The second-order valence-corrected chi connectivity index (χ2v) is 4.58. The minimum Gasteiger partial charge on any atom is -0.462 e. The third kappa shape index (κ3) is 4.87. The van der Waals surface area contributed by atoms with Crippen molar-refractivity contribution in [1.82, 2.24) is 0 Å². The first kappa shape index (κ1) is 15.9. The van der Waals surface area contributed by atoms with Crippen LogP contribution in [0.25, 0.3) is 0 Å². The molecule has 0 saturated heterocycles. The van der Waals surface area contributed by atoms with Crippen molar-refractivity contribution in [3.8, 4) is 0 Å². The summed E-state index contributed by atoms with van der Waals surface area (Å²) in [7, 11) is 0. The molecule has 0 atom stereocenters. The number of nitrogens with zero attached hydrogens (tertiary/aromatic N) is 1. The number of hydrogen-bond acceptors (Lipinski definition) is 5. The molecule has 6 nitrogen and oxygen atoms in total. The SMILES string of the molecule is CCCCCCCOC(=O)c1ccc(N)c([N+](=O)[O-])c1. The van der Waals surface area contributed by atoms with Crippen LogP contribution < -0.4 is 5.73 Å². The fourth-order valence-corrected chi connectivity index (χ4v) is 1.78. The number of rotatable bonds is 8.